The van der Waals surface area contributed by atoms with Crippen LogP contribution in [0.4, 0.5) is 0 Å². The van der Waals surface area contributed by atoms with Gasteiger partial charge < -0.3 is 10.4 Å². The van der Waals surface area contributed by atoms with Crippen molar-refractivity contribution < 1.29 is 9.90 Å². The fourth-order valence-corrected chi connectivity index (χ4v) is 1.10. The van der Waals surface area contributed by atoms with E-state index >= 15 is 0 Å². The van der Waals surface area contributed by atoms with Crippen molar-refractivity contribution in [3.63, 3.8) is 0 Å². The van der Waals surface area contributed by atoms with E-state index in [-0.39, 0.29) is 23.3 Å². The van der Waals surface area contributed by atoms with Gasteiger partial charge in [0.15, 0.2) is 0 Å². The van der Waals surface area contributed by atoms with Gasteiger partial charge in [-0.15, -0.1) is 0 Å². The number of carbonyl (C=O) groups excluding carboxylic acids is 1. The highest BCUT2D eigenvalue weighted by Gasteiger charge is 2.42. The molecule has 0 aliphatic heterocycles. The molecule has 3 nitrogen and oxygen atoms in total. The number of hydrogen-bond acceptors (Lipinski definition) is 2. The number of aliphatic hydroxyl groups is 1. The Morgan fingerprint density at radius 1 is 1.46 bits per heavy atom. The van der Waals surface area contributed by atoms with Crippen LogP contribution in [-0.4, -0.2) is 24.2 Å². The highest BCUT2D eigenvalue weighted by Crippen LogP contribution is 2.44. The van der Waals surface area contributed by atoms with Gasteiger partial charge in [-0.3, -0.25) is 4.79 Å². The average Bonchev–Trinajstić information content (AvgIpc) is 2.79. The summed E-state index contributed by atoms with van der Waals surface area (Å²) in [6.07, 6.45) is 2.07. The van der Waals surface area contributed by atoms with Crippen LogP contribution in [0, 0.1) is 10.8 Å². The Morgan fingerprint density at radius 2 is 2.00 bits per heavy atom. The molecule has 3 heteroatoms. The summed E-state index contributed by atoms with van der Waals surface area (Å²) < 4.78 is 0. The molecule has 1 aliphatic rings. The predicted molar refractivity (Wildman–Crippen MR) is 51.2 cm³/mol. The van der Waals surface area contributed by atoms with E-state index in [0.717, 1.165) is 12.8 Å². The summed E-state index contributed by atoms with van der Waals surface area (Å²) in [5.41, 5.74) is -0.313. The number of carbonyl (C=O) groups is 1. The largest absolute Gasteiger partial charge is 0.396 e. The van der Waals surface area contributed by atoms with E-state index in [4.69, 9.17) is 5.11 Å². The van der Waals surface area contributed by atoms with Crippen LogP contribution in [0.1, 0.15) is 33.6 Å². The minimum atomic E-state index is -0.328. The maximum atomic E-state index is 11.5. The molecule has 1 rings (SSSR count). The zero-order chi connectivity index (χ0) is 10.1. The Balaban J connectivity index is 2.31. The number of nitrogens with one attached hydrogen (secondary N) is 1. The monoisotopic (exact) mass is 185 g/mol. The minimum absolute atomic E-state index is 0.0148. The molecule has 0 aromatic heterocycles. The topological polar surface area (TPSA) is 49.3 Å². The molecule has 76 valence electrons. The van der Waals surface area contributed by atoms with E-state index < -0.39 is 0 Å². The van der Waals surface area contributed by atoms with Gasteiger partial charge in [0.25, 0.3) is 0 Å². The first kappa shape index (κ1) is 10.5. The lowest BCUT2D eigenvalue weighted by molar-refractivity contribution is -0.128. The van der Waals surface area contributed by atoms with E-state index in [2.05, 4.69) is 5.32 Å². The summed E-state index contributed by atoms with van der Waals surface area (Å²) in [6, 6.07) is 0. The first-order chi connectivity index (χ1) is 5.90. The number of hydrogen-bond donors (Lipinski definition) is 2. The van der Waals surface area contributed by atoms with Crippen LogP contribution in [0.15, 0.2) is 0 Å². The molecule has 0 atom stereocenters. The number of aliphatic hydroxyl groups excluding tert-OH is 1. The fraction of sp³-hybridized carbons (Fsp3) is 0.900. The summed E-state index contributed by atoms with van der Waals surface area (Å²) in [4.78, 5) is 11.5. The molecule has 13 heavy (non-hydrogen) atoms. The molecule has 2 N–H and O–H groups in total. The molecular formula is C10H19NO2. The van der Waals surface area contributed by atoms with Gasteiger partial charge >= 0.3 is 0 Å². The zero-order valence-corrected chi connectivity index (χ0v) is 8.68. The molecule has 1 aliphatic carbocycles. The second kappa shape index (κ2) is 3.29. The first-order valence-corrected chi connectivity index (χ1v) is 4.79. The van der Waals surface area contributed by atoms with Crippen molar-refractivity contribution in [3.05, 3.63) is 0 Å². The van der Waals surface area contributed by atoms with Crippen LogP contribution in [0.25, 0.3) is 0 Å². The van der Waals surface area contributed by atoms with Crippen LogP contribution in [-0.2, 0) is 4.79 Å². The molecule has 0 unspecified atom stereocenters. The lowest BCUT2D eigenvalue weighted by Crippen LogP contribution is -2.39. The van der Waals surface area contributed by atoms with E-state index in [1.165, 1.54) is 0 Å². The fourth-order valence-electron chi connectivity index (χ4n) is 1.10. The molecule has 0 aromatic carbocycles. The molecular weight excluding hydrogens is 166 g/mol. The molecule has 0 spiro atoms. The number of rotatable bonds is 3. The Bertz CT molecular complexity index is 201. The molecule has 0 heterocycles. The maximum absolute atomic E-state index is 11.5. The Morgan fingerprint density at radius 3 is 2.31 bits per heavy atom. The van der Waals surface area contributed by atoms with E-state index in [1.54, 1.807) is 0 Å². The van der Waals surface area contributed by atoms with Gasteiger partial charge in [0, 0.05) is 17.4 Å². The molecule has 0 bridgehead atoms. The van der Waals surface area contributed by atoms with Gasteiger partial charge in [0.2, 0.25) is 5.91 Å². The smallest absolute Gasteiger partial charge is 0.225 e. The van der Waals surface area contributed by atoms with Crippen molar-refractivity contribution in [1.29, 1.82) is 0 Å². The number of amides is 1. The standard InChI is InChI=1S/C10H19NO2/c1-9(2,3)8(13)11-6-10(7-12)4-5-10/h12H,4-7H2,1-3H3,(H,11,13). The van der Waals surface area contributed by atoms with Gasteiger partial charge in [-0.1, -0.05) is 20.8 Å². The normalized spacial score (nSPS) is 19.7. The van der Waals surface area contributed by atoms with Crippen LogP contribution < -0.4 is 5.32 Å². The molecule has 0 saturated heterocycles. The zero-order valence-electron chi connectivity index (χ0n) is 8.68. The van der Waals surface area contributed by atoms with Crippen molar-refractivity contribution in [2.45, 2.75) is 33.6 Å². The van der Waals surface area contributed by atoms with Crippen molar-refractivity contribution >= 4 is 5.91 Å². The second-order valence-corrected chi connectivity index (χ2v) is 5.09. The SMILES string of the molecule is CC(C)(C)C(=O)NCC1(CO)CC1. The lowest BCUT2D eigenvalue weighted by atomic mass is 9.95. The molecule has 0 radical (unpaired) electrons. The summed E-state index contributed by atoms with van der Waals surface area (Å²) in [6.45, 7) is 6.49. The van der Waals surface area contributed by atoms with Crippen molar-refractivity contribution in [2.75, 3.05) is 13.2 Å². The van der Waals surface area contributed by atoms with Gasteiger partial charge in [0.05, 0.1) is 6.61 Å². The summed E-state index contributed by atoms with van der Waals surface area (Å²) in [5.74, 6) is 0.0622. The van der Waals surface area contributed by atoms with Crippen molar-refractivity contribution in [1.82, 2.24) is 5.32 Å². The Labute approximate surface area is 79.5 Å². The maximum Gasteiger partial charge on any atom is 0.225 e. The Hall–Kier alpha value is -0.570. The van der Waals surface area contributed by atoms with Gasteiger partial charge in [-0.2, -0.15) is 0 Å². The van der Waals surface area contributed by atoms with Crippen LogP contribution in [0.2, 0.25) is 0 Å². The quantitative estimate of drug-likeness (QED) is 0.687. The summed E-state index contributed by atoms with van der Waals surface area (Å²) in [5, 5.41) is 11.9. The molecule has 1 fully saturated rings. The third kappa shape index (κ3) is 2.69. The summed E-state index contributed by atoms with van der Waals surface area (Å²) in [7, 11) is 0. The van der Waals surface area contributed by atoms with Crippen molar-refractivity contribution in [3.8, 4) is 0 Å². The molecule has 1 amide bonds. The van der Waals surface area contributed by atoms with Gasteiger partial charge in [-0.25, -0.2) is 0 Å². The van der Waals surface area contributed by atoms with E-state index in [0.29, 0.717) is 6.54 Å². The minimum Gasteiger partial charge on any atom is -0.396 e. The summed E-state index contributed by atoms with van der Waals surface area (Å²) >= 11 is 0. The Kier molecular flexibility index (Phi) is 2.66. The van der Waals surface area contributed by atoms with E-state index in [1.807, 2.05) is 20.8 Å². The third-order valence-corrected chi connectivity index (χ3v) is 2.60. The predicted octanol–water partition coefficient (Wildman–Crippen LogP) is 0.921. The van der Waals surface area contributed by atoms with Crippen LogP contribution in [0.5, 0.6) is 0 Å². The highest BCUT2D eigenvalue weighted by atomic mass is 16.3. The van der Waals surface area contributed by atoms with Crippen LogP contribution >= 0.6 is 0 Å². The molecule has 0 aromatic rings. The highest BCUT2D eigenvalue weighted by molar-refractivity contribution is 5.81. The van der Waals surface area contributed by atoms with E-state index in [9.17, 15) is 4.79 Å². The van der Waals surface area contributed by atoms with Gasteiger partial charge in [0.1, 0.15) is 0 Å². The second-order valence-electron chi connectivity index (χ2n) is 5.09. The first-order valence-electron chi connectivity index (χ1n) is 4.79. The lowest BCUT2D eigenvalue weighted by Gasteiger charge is -2.20. The van der Waals surface area contributed by atoms with Crippen LogP contribution in [0.3, 0.4) is 0 Å². The average molecular weight is 185 g/mol. The van der Waals surface area contributed by atoms with Gasteiger partial charge in [-0.05, 0) is 12.8 Å². The third-order valence-electron chi connectivity index (χ3n) is 2.60. The van der Waals surface area contributed by atoms with Crippen molar-refractivity contribution in [2.24, 2.45) is 10.8 Å². The molecule has 1 saturated carbocycles.